The number of amides is 1. The Labute approximate surface area is 411 Å². The lowest BCUT2D eigenvalue weighted by atomic mass is 9.76. The van der Waals surface area contributed by atoms with Gasteiger partial charge in [0.1, 0.15) is 30.5 Å². The first-order chi connectivity index (χ1) is 33.2. The zero-order chi connectivity index (χ0) is 49.1. The smallest absolute Gasteiger partial charge is 0.227 e. The first-order valence-corrected chi connectivity index (χ1v) is 24.8. The minimum Gasteiger partial charge on any atom is -0.508 e. The average Bonchev–Trinajstić information content (AvgIpc) is 4.07. The molecule has 6 aromatic rings. The molecule has 364 valence electrons. The van der Waals surface area contributed by atoms with E-state index in [-0.39, 0.29) is 81.2 Å². The largest absolute Gasteiger partial charge is 0.508 e. The second-order valence-corrected chi connectivity index (χ2v) is 20.1. The number of phenols is 1. The molecule has 1 aliphatic heterocycles. The molecular weight excluding hydrogens is 917 g/mol. The summed E-state index contributed by atoms with van der Waals surface area (Å²) < 4.78 is 29.1. The van der Waals surface area contributed by atoms with Gasteiger partial charge in [0.25, 0.3) is 0 Å². The number of aliphatic hydroxyl groups is 1. The number of aliphatic hydroxyl groups excluding tert-OH is 1. The predicted octanol–water partition coefficient (Wildman–Crippen LogP) is 9.16. The van der Waals surface area contributed by atoms with Gasteiger partial charge in [0, 0.05) is 57.8 Å². The third-order valence-electron chi connectivity index (χ3n) is 12.2. The van der Waals surface area contributed by atoms with Crippen molar-refractivity contribution in [2.75, 3.05) is 59.9 Å². The van der Waals surface area contributed by atoms with E-state index in [9.17, 15) is 29.4 Å². The van der Waals surface area contributed by atoms with Crippen LogP contribution in [0.4, 0.5) is 0 Å². The topological polar surface area (TPSA) is 171 Å². The number of β-amino-alcohol motifs (C(OH)–C–C–N with tert-alkyl or cyclic N) is 1. The van der Waals surface area contributed by atoms with Crippen LogP contribution in [0.3, 0.4) is 0 Å². The summed E-state index contributed by atoms with van der Waals surface area (Å²) in [4.78, 5) is 62.4. The number of aromatic nitrogens is 1. The van der Waals surface area contributed by atoms with Crippen molar-refractivity contribution in [3.63, 3.8) is 0 Å². The Morgan fingerprint density at radius 3 is 2.10 bits per heavy atom. The highest BCUT2D eigenvalue weighted by molar-refractivity contribution is 7.22. The Morgan fingerprint density at radius 2 is 1.45 bits per heavy atom. The van der Waals surface area contributed by atoms with Crippen molar-refractivity contribution < 1.29 is 53.1 Å². The fraction of sp³-hybridized carbons (Fsp3) is 0.389. The van der Waals surface area contributed by atoms with Gasteiger partial charge in [0.05, 0.1) is 68.4 Å². The summed E-state index contributed by atoms with van der Waals surface area (Å²) in [5.74, 6) is -0.0222. The van der Waals surface area contributed by atoms with Crippen LogP contribution < -0.4 is 9.47 Å². The van der Waals surface area contributed by atoms with Crippen LogP contribution in [0, 0.1) is 18.3 Å². The molecule has 0 radical (unpaired) electrons. The van der Waals surface area contributed by atoms with E-state index >= 15 is 0 Å². The van der Waals surface area contributed by atoms with Crippen LogP contribution in [-0.2, 0) is 35.0 Å². The van der Waals surface area contributed by atoms with Crippen LogP contribution in [0.1, 0.15) is 67.2 Å². The Bertz CT molecular complexity index is 2690. The second kappa shape index (κ2) is 23.7. The Kier molecular flexibility index (Phi) is 17.5. The number of hydrogen-bond donors (Lipinski definition) is 2. The maximum Gasteiger partial charge on any atom is 0.227 e. The van der Waals surface area contributed by atoms with Crippen LogP contribution in [0.2, 0.25) is 0 Å². The Hall–Kier alpha value is -5.81. The Balaban J connectivity index is 0.784. The van der Waals surface area contributed by atoms with E-state index in [0.717, 1.165) is 42.2 Å². The van der Waals surface area contributed by atoms with Gasteiger partial charge in [-0.3, -0.25) is 19.2 Å². The monoisotopic (exact) mass is 976 g/mol. The van der Waals surface area contributed by atoms with Gasteiger partial charge in [-0.05, 0) is 102 Å². The van der Waals surface area contributed by atoms with Gasteiger partial charge in [-0.2, -0.15) is 0 Å². The third-order valence-corrected chi connectivity index (χ3v) is 14.4. The van der Waals surface area contributed by atoms with E-state index in [1.807, 2.05) is 75.7 Å². The molecule has 1 aliphatic rings. The average molecular weight is 977 g/mol. The van der Waals surface area contributed by atoms with Crippen molar-refractivity contribution in [1.82, 2.24) is 9.88 Å². The van der Waals surface area contributed by atoms with E-state index in [4.69, 9.17) is 23.7 Å². The number of thiazole rings is 1. The summed E-state index contributed by atoms with van der Waals surface area (Å²) in [6, 6.07) is 26.8. The summed E-state index contributed by atoms with van der Waals surface area (Å²) in [5, 5.41) is 21.3. The number of Topliss-reactive ketones (excluding diaryl/α,β-unsaturated/α-hetero) is 2. The molecule has 1 amide bonds. The molecule has 4 aromatic carbocycles. The van der Waals surface area contributed by atoms with E-state index in [2.05, 4.69) is 4.98 Å². The third kappa shape index (κ3) is 13.3. The molecule has 0 unspecified atom stereocenters. The van der Waals surface area contributed by atoms with E-state index in [1.54, 1.807) is 67.0 Å². The zero-order valence-corrected chi connectivity index (χ0v) is 41.4. The minimum atomic E-state index is -0.814. The van der Waals surface area contributed by atoms with Crippen molar-refractivity contribution in [2.24, 2.45) is 11.3 Å². The molecule has 2 N–H and O–H groups in total. The van der Waals surface area contributed by atoms with Gasteiger partial charge < -0.3 is 38.8 Å². The van der Waals surface area contributed by atoms with Crippen LogP contribution in [-0.4, -0.2) is 115 Å². The van der Waals surface area contributed by atoms with Crippen molar-refractivity contribution >= 4 is 56.0 Å². The van der Waals surface area contributed by atoms with Gasteiger partial charge in [-0.1, -0.05) is 45.0 Å². The number of methoxy groups -OCH3 is 1. The second-order valence-electron chi connectivity index (χ2n) is 18.2. The molecule has 3 atom stereocenters. The number of carbonyl (C=O) groups is 4. The quantitative estimate of drug-likeness (QED) is 0.0436. The molecular formula is C54H60N2O11S2. The summed E-state index contributed by atoms with van der Waals surface area (Å²) in [6.07, 6.45) is 0.0628. The van der Waals surface area contributed by atoms with Crippen LogP contribution >= 0.6 is 22.7 Å². The first kappa shape index (κ1) is 51.1. The van der Waals surface area contributed by atoms with Gasteiger partial charge in [0.15, 0.2) is 17.3 Å². The maximum atomic E-state index is 14.0. The number of rotatable bonds is 24. The number of carbonyl (C=O) groups excluding carboxylic acids is 4. The Morgan fingerprint density at radius 1 is 0.812 bits per heavy atom. The maximum absolute atomic E-state index is 14.0. The van der Waals surface area contributed by atoms with Gasteiger partial charge in [-0.25, -0.2) is 4.98 Å². The predicted molar refractivity (Wildman–Crippen MR) is 268 cm³/mol. The number of fused-ring (bicyclic) bond motifs is 1. The number of phenolic OH excluding ortho intramolecular Hbond substituents is 1. The molecule has 13 nitrogen and oxygen atoms in total. The number of ketones is 3. The summed E-state index contributed by atoms with van der Waals surface area (Å²) in [5.41, 5.74) is 6.24. The molecule has 0 saturated carbocycles. The molecule has 0 aliphatic carbocycles. The van der Waals surface area contributed by atoms with Crippen molar-refractivity contribution in [3.8, 4) is 38.1 Å². The number of aryl methyl sites for hydroxylation is 2. The number of likely N-dealkylation sites (tertiary alicyclic amines) is 1. The van der Waals surface area contributed by atoms with E-state index in [0.29, 0.717) is 48.9 Å². The number of benzene rings is 4. The molecule has 1 fully saturated rings. The first-order valence-electron chi connectivity index (χ1n) is 23.1. The normalized spacial score (nSPS) is 15.4. The lowest BCUT2D eigenvalue weighted by Gasteiger charge is -2.34. The standard InChI is InChI=1S/C54H60N2O11S2/c1-34-51(68-33-55-34)37-9-6-35(7-10-37)8-21-47(60)46-29-40(58)31-56(46)53(62)45(54(2,3)4)28-41(59)32-66-25-24-64-22-23-65-26-27-67-42-17-13-36(14-18-42)50(61)49-44-20-19-43(63-5)30-48(44)69-52(49)38-11-15-39(57)16-12-38/h6-7,9-20,30,33,40,45-46,57-58H,8,21-29,31-32H2,1-5H3/t40-,45-,46+/m1/s1. The van der Waals surface area contributed by atoms with Crippen LogP contribution in [0.25, 0.3) is 31.0 Å². The molecule has 3 heterocycles. The fourth-order valence-electron chi connectivity index (χ4n) is 8.39. The molecule has 0 bridgehead atoms. The van der Waals surface area contributed by atoms with Crippen molar-refractivity contribution in [2.45, 2.75) is 65.5 Å². The highest BCUT2D eigenvalue weighted by Gasteiger charge is 2.44. The molecule has 0 spiro atoms. The summed E-state index contributed by atoms with van der Waals surface area (Å²) in [7, 11) is 1.61. The molecule has 1 saturated heterocycles. The molecule has 15 heteroatoms. The fourth-order valence-corrected chi connectivity index (χ4v) is 10.4. The van der Waals surface area contributed by atoms with Crippen molar-refractivity contribution in [1.29, 1.82) is 0 Å². The molecule has 2 aromatic heterocycles. The number of ether oxygens (including phenoxy) is 5. The van der Waals surface area contributed by atoms with Gasteiger partial charge in [-0.15, -0.1) is 22.7 Å². The van der Waals surface area contributed by atoms with Gasteiger partial charge in [0.2, 0.25) is 5.91 Å². The molecule has 7 rings (SSSR count). The van der Waals surface area contributed by atoms with Crippen LogP contribution in [0.5, 0.6) is 17.2 Å². The zero-order valence-electron chi connectivity index (χ0n) is 39.7. The van der Waals surface area contributed by atoms with E-state index in [1.165, 1.54) is 16.2 Å². The number of thiophene rings is 1. The SMILES string of the molecule is COc1ccc2c(C(=O)c3ccc(OCCOCCOCCOCC(=O)C[C@H](C(=O)N4C[C@H](O)C[C@H]4C(=O)CCc4ccc(-c5scnc5C)cc4)C(C)(C)C)cc3)c(-c3ccc(O)cc3)sc2c1. The summed E-state index contributed by atoms with van der Waals surface area (Å²) in [6.45, 7) is 9.22. The van der Waals surface area contributed by atoms with Crippen molar-refractivity contribution in [3.05, 3.63) is 119 Å². The highest BCUT2D eigenvalue weighted by atomic mass is 32.1. The number of hydrogen-bond acceptors (Lipinski definition) is 14. The minimum absolute atomic E-state index is 0.0494. The lowest BCUT2D eigenvalue weighted by Crippen LogP contribution is -2.47. The van der Waals surface area contributed by atoms with Gasteiger partial charge >= 0.3 is 0 Å². The molecule has 69 heavy (non-hydrogen) atoms. The number of aromatic hydroxyl groups is 1. The highest BCUT2D eigenvalue weighted by Crippen LogP contribution is 2.42. The lowest BCUT2D eigenvalue weighted by molar-refractivity contribution is -0.146. The van der Waals surface area contributed by atoms with E-state index < -0.39 is 23.5 Å². The summed E-state index contributed by atoms with van der Waals surface area (Å²) >= 11 is 3.09. The van der Waals surface area contributed by atoms with Crippen LogP contribution in [0.15, 0.2) is 96.5 Å². The number of nitrogens with zero attached hydrogens (tertiary/aromatic N) is 2.